The van der Waals surface area contributed by atoms with Crippen molar-refractivity contribution in [1.29, 1.82) is 0 Å². The van der Waals surface area contributed by atoms with Gasteiger partial charge in [0, 0.05) is 12.5 Å². The molecule has 0 N–H and O–H groups in total. The molecular formula is C37H13BF20N2O. The average Bonchev–Trinajstić information content (AvgIpc) is 3.24. The van der Waals surface area contributed by atoms with E-state index in [1.807, 2.05) is 48.0 Å². The third-order valence-electron chi connectivity index (χ3n) is 9.16. The van der Waals surface area contributed by atoms with Gasteiger partial charge in [0.15, 0.2) is 81.7 Å². The third kappa shape index (κ3) is 7.19. The summed E-state index contributed by atoms with van der Waals surface area (Å²) in [5.41, 5.74) is -12.6. The molecule has 0 amide bonds. The van der Waals surface area contributed by atoms with Gasteiger partial charge in [-0.1, -0.05) is 30.3 Å². The van der Waals surface area contributed by atoms with Gasteiger partial charge >= 0.3 is 0 Å². The normalized spacial score (nSPS) is 11.5. The maximum Gasteiger partial charge on any atom is 0.227 e. The van der Waals surface area contributed by atoms with E-state index >= 15 is 35.1 Å². The lowest BCUT2D eigenvalue weighted by molar-refractivity contribution is -0.689. The summed E-state index contributed by atoms with van der Waals surface area (Å²) in [6, 6.07) is 9.31. The van der Waals surface area contributed by atoms with Crippen LogP contribution in [0.25, 0.3) is 0 Å². The van der Waals surface area contributed by atoms with Crippen LogP contribution in [0.15, 0.2) is 48.9 Å². The van der Waals surface area contributed by atoms with Crippen molar-refractivity contribution in [2.75, 3.05) is 0 Å². The summed E-state index contributed by atoms with van der Waals surface area (Å²) in [6.07, 6.45) is -1.97. The molecule has 0 aliphatic heterocycles. The zero-order valence-corrected chi connectivity index (χ0v) is 29.3. The predicted octanol–water partition coefficient (Wildman–Crippen LogP) is 7.41. The number of hydrogen-bond donors (Lipinski definition) is 0. The number of benzene rings is 5. The monoisotopic (exact) mass is 892 g/mol. The van der Waals surface area contributed by atoms with Crippen molar-refractivity contribution in [2.45, 2.75) is 13.5 Å². The first kappa shape index (κ1) is 45.6. The molecule has 0 atom stereocenters. The summed E-state index contributed by atoms with van der Waals surface area (Å²) in [7, 11) is 0. The number of rotatable bonds is 7. The van der Waals surface area contributed by atoms with Crippen molar-refractivity contribution in [3.63, 3.8) is 0 Å². The average molecular weight is 892 g/mol. The van der Waals surface area contributed by atoms with E-state index in [4.69, 9.17) is 0 Å². The Hall–Kier alpha value is -6.49. The molecule has 3 nitrogen and oxygen atoms in total. The first-order valence-corrected chi connectivity index (χ1v) is 16.1. The molecular weight excluding hydrogens is 879 g/mol. The van der Waals surface area contributed by atoms with Gasteiger partial charge in [-0.15, -0.1) is 21.9 Å². The zero-order chi connectivity index (χ0) is 45.7. The van der Waals surface area contributed by atoms with Crippen LogP contribution in [0.1, 0.15) is 16.1 Å². The molecule has 0 radical (unpaired) electrons. The minimum atomic E-state index is -7.22. The number of ketones is 1. The van der Waals surface area contributed by atoms with Crippen molar-refractivity contribution in [3.05, 3.63) is 177 Å². The molecule has 61 heavy (non-hydrogen) atoms. The van der Waals surface area contributed by atoms with Gasteiger partial charge in [-0.05, 0) is 0 Å². The largest absolute Gasteiger partial charge is 0.287 e. The van der Waals surface area contributed by atoms with Gasteiger partial charge in [-0.3, -0.25) is 9.78 Å². The van der Waals surface area contributed by atoms with E-state index in [9.17, 15) is 57.5 Å². The Kier molecular flexibility index (Phi) is 12.6. The highest BCUT2D eigenvalue weighted by molar-refractivity contribution is 7.20. The molecule has 0 bridgehead atoms. The highest BCUT2D eigenvalue weighted by Crippen LogP contribution is 2.30. The molecule has 0 saturated carbocycles. The van der Waals surface area contributed by atoms with Crippen molar-refractivity contribution < 1.29 is 97.2 Å². The minimum Gasteiger partial charge on any atom is -0.287 e. The van der Waals surface area contributed by atoms with Crippen LogP contribution < -0.4 is 26.4 Å². The Morgan fingerprint density at radius 3 is 0.967 bits per heavy atom. The summed E-state index contributed by atoms with van der Waals surface area (Å²) in [5.74, 6) is -71.3. The Labute approximate surface area is 326 Å². The molecule has 6 rings (SSSR count). The van der Waals surface area contributed by atoms with Crippen LogP contribution in [0.2, 0.25) is 0 Å². The first-order valence-electron chi connectivity index (χ1n) is 16.1. The lowest BCUT2D eigenvalue weighted by Gasteiger charge is -2.44. The fourth-order valence-corrected chi connectivity index (χ4v) is 6.38. The third-order valence-corrected chi connectivity index (χ3v) is 9.16. The van der Waals surface area contributed by atoms with Gasteiger partial charge in [-0.25, -0.2) is 87.8 Å². The van der Waals surface area contributed by atoms with Crippen molar-refractivity contribution >= 4 is 33.8 Å². The molecule has 1 aromatic heterocycles. The molecule has 320 valence electrons. The van der Waals surface area contributed by atoms with Gasteiger partial charge in [0.1, 0.15) is 52.7 Å². The number of hydrogen-bond acceptors (Lipinski definition) is 2. The first-order chi connectivity index (χ1) is 28.5. The lowest BCUT2D eigenvalue weighted by Crippen LogP contribution is -2.81. The lowest BCUT2D eigenvalue weighted by atomic mass is 9.12. The van der Waals surface area contributed by atoms with Gasteiger partial charge in [-0.2, -0.15) is 4.57 Å². The Balaban J connectivity index is 0.000000366. The molecule has 0 spiro atoms. The standard InChI is InChI=1S/C24BF20.C13H13N2O/c26-5-1(6(27)14(35)21(42)13(5)34)25(2-7(28)15(36)22(43)16(37)8(2)29,3-9(30)17(38)23(44)18(39)10(3)31)4-11(32)19(40)24(45)20(41)12(4)33;1-11-9-14-7-8-15(11)10-13(16)12-5-3-2-4-6-12/h;2-9H,10H2,1H3/q-1;+1. The molecule has 24 heteroatoms. The van der Waals surface area contributed by atoms with Gasteiger partial charge in [0.05, 0.1) is 12.4 Å². The zero-order valence-electron chi connectivity index (χ0n) is 29.3. The van der Waals surface area contributed by atoms with E-state index in [2.05, 4.69) is 4.98 Å². The van der Waals surface area contributed by atoms with Crippen molar-refractivity contribution in [2.24, 2.45) is 0 Å². The summed E-state index contributed by atoms with van der Waals surface area (Å²) < 4.78 is 296. The van der Waals surface area contributed by atoms with E-state index in [1.165, 1.54) is 0 Å². The Bertz CT molecular complexity index is 2390. The molecule has 0 aliphatic rings. The molecule has 0 fully saturated rings. The SMILES string of the molecule is Cc1cncc[n+]1CC(=O)c1ccccc1.Fc1c(F)c(F)c([B-](c2c(F)c(F)c(F)c(F)c2F)(c2c(F)c(F)c(F)c(F)c2F)c2c(F)c(F)c(F)c(F)c2F)c(F)c1F. The highest BCUT2D eigenvalue weighted by atomic mass is 19.2. The Morgan fingerprint density at radius 2 is 0.705 bits per heavy atom. The van der Waals surface area contributed by atoms with Gasteiger partial charge in [0.25, 0.3) is 0 Å². The molecule has 0 unspecified atom stereocenters. The van der Waals surface area contributed by atoms with Crippen LogP contribution in [0, 0.1) is 123 Å². The van der Waals surface area contributed by atoms with Crippen LogP contribution in [-0.4, -0.2) is 16.9 Å². The van der Waals surface area contributed by atoms with Crippen molar-refractivity contribution in [1.82, 2.24) is 4.98 Å². The van der Waals surface area contributed by atoms with Crippen LogP contribution in [0.5, 0.6) is 0 Å². The van der Waals surface area contributed by atoms with Crippen molar-refractivity contribution in [3.8, 4) is 0 Å². The number of aryl methyl sites for hydroxylation is 1. The summed E-state index contributed by atoms with van der Waals surface area (Å²) >= 11 is 0. The van der Waals surface area contributed by atoms with Crippen LogP contribution in [0.3, 0.4) is 0 Å². The second-order valence-electron chi connectivity index (χ2n) is 12.4. The predicted molar refractivity (Wildman–Crippen MR) is 169 cm³/mol. The Morgan fingerprint density at radius 1 is 0.443 bits per heavy atom. The molecule has 0 saturated heterocycles. The summed E-state index contributed by atoms with van der Waals surface area (Å²) in [4.78, 5) is 15.9. The van der Waals surface area contributed by atoms with E-state index in [0.29, 0.717) is 6.54 Å². The summed E-state index contributed by atoms with van der Waals surface area (Å²) in [6.45, 7) is 2.30. The van der Waals surface area contributed by atoms with E-state index < -0.39 is 144 Å². The topological polar surface area (TPSA) is 33.8 Å². The molecule has 1 heterocycles. The number of nitrogens with zero attached hydrogens (tertiary/aromatic N) is 2. The van der Waals surface area contributed by atoms with E-state index in [-0.39, 0.29) is 5.78 Å². The molecule has 0 aliphatic carbocycles. The quantitative estimate of drug-likeness (QED) is 0.0419. The van der Waals surface area contributed by atoms with Crippen LogP contribution >= 0.6 is 0 Å². The van der Waals surface area contributed by atoms with Crippen LogP contribution in [0.4, 0.5) is 87.8 Å². The molecule has 6 aromatic rings. The second-order valence-corrected chi connectivity index (χ2v) is 12.4. The maximum absolute atomic E-state index is 15.4. The smallest absolute Gasteiger partial charge is 0.227 e. The maximum atomic E-state index is 15.4. The van der Waals surface area contributed by atoms with Gasteiger partial charge < -0.3 is 0 Å². The number of halogens is 20. The number of carbonyl (C=O) groups excluding carboxylic acids is 1. The van der Waals surface area contributed by atoms with Gasteiger partial charge in [0.2, 0.25) is 12.3 Å². The van der Waals surface area contributed by atoms with E-state index in [1.54, 1.807) is 12.4 Å². The van der Waals surface area contributed by atoms with Crippen LogP contribution in [-0.2, 0) is 6.54 Å². The fraction of sp³-hybridized carbons (Fsp3) is 0.0541. The number of aromatic nitrogens is 2. The summed E-state index contributed by atoms with van der Waals surface area (Å²) in [5, 5.41) is 0. The molecule has 5 aromatic carbocycles. The number of Topliss-reactive ketones (excluding diaryl/α,β-unsaturated/α-hetero) is 1. The highest BCUT2D eigenvalue weighted by Gasteiger charge is 2.52. The van der Waals surface area contributed by atoms with E-state index in [0.717, 1.165) is 11.3 Å². The minimum absolute atomic E-state index is 0.111. The fourth-order valence-electron chi connectivity index (χ4n) is 6.38. The second kappa shape index (κ2) is 16.9. The number of carbonyl (C=O) groups is 1.